The first-order valence-corrected chi connectivity index (χ1v) is 11.2. The summed E-state index contributed by atoms with van der Waals surface area (Å²) in [6, 6.07) is 11.2. The van der Waals surface area contributed by atoms with E-state index in [0.29, 0.717) is 17.9 Å². The zero-order chi connectivity index (χ0) is 23.4. The first kappa shape index (κ1) is 25.5. The van der Waals surface area contributed by atoms with Gasteiger partial charge in [0.15, 0.2) is 0 Å². The maximum Gasteiger partial charge on any atom is 0.416 e. The van der Waals surface area contributed by atoms with Crippen molar-refractivity contribution in [2.45, 2.75) is 64.5 Å². The SMILES string of the molecule is CCCCCCCCCCOc1cccc(C=C(C(=O)O)c2cccc(C(F)(F)F)c2)c1. The van der Waals surface area contributed by atoms with Gasteiger partial charge in [-0.15, -0.1) is 0 Å². The fourth-order valence-corrected chi connectivity index (χ4v) is 3.42. The monoisotopic (exact) mass is 448 g/mol. The molecule has 0 saturated heterocycles. The standard InChI is InChI=1S/C26H31F3O3/c1-2-3-4-5-6-7-8-9-16-32-23-15-10-12-20(17-23)18-24(25(30)31)21-13-11-14-22(19-21)26(27,28)29/h10-15,17-19H,2-9,16H2,1H3,(H,30,31). The number of hydrogen-bond acceptors (Lipinski definition) is 2. The van der Waals surface area contributed by atoms with E-state index in [1.807, 2.05) is 0 Å². The summed E-state index contributed by atoms with van der Waals surface area (Å²) < 4.78 is 44.8. The zero-order valence-corrected chi connectivity index (χ0v) is 18.5. The molecule has 3 nitrogen and oxygen atoms in total. The largest absolute Gasteiger partial charge is 0.494 e. The summed E-state index contributed by atoms with van der Waals surface area (Å²) in [5, 5.41) is 9.56. The molecule has 2 aromatic rings. The molecule has 2 rings (SSSR count). The number of carbonyl (C=O) groups is 1. The van der Waals surface area contributed by atoms with Crippen LogP contribution in [0.3, 0.4) is 0 Å². The average Bonchev–Trinajstić information content (AvgIpc) is 2.76. The molecular formula is C26H31F3O3. The molecule has 0 aromatic heterocycles. The number of benzene rings is 2. The highest BCUT2D eigenvalue weighted by Gasteiger charge is 2.30. The van der Waals surface area contributed by atoms with Crippen LogP contribution in [0, 0.1) is 0 Å². The van der Waals surface area contributed by atoms with Crippen LogP contribution in [0.2, 0.25) is 0 Å². The van der Waals surface area contributed by atoms with E-state index in [1.54, 1.807) is 24.3 Å². The van der Waals surface area contributed by atoms with Gasteiger partial charge in [-0.1, -0.05) is 76.1 Å². The molecule has 0 heterocycles. The van der Waals surface area contributed by atoms with Crippen molar-refractivity contribution in [3.8, 4) is 5.75 Å². The molecule has 174 valence electrons. The van der Waals surface area contributed by atoms with Crippen LogP contribution >= 0.6 is 0 Å². The highest BCUT2D eigenvalue weighted by molar-refractivity contribution is 6.20. The van der Waals surface area contributed by atoms with Gasteiger partial charge in [0.1, 0.15) is 5.75 Å². The van der Waals surface area contributed by atoms with E-state index >= 15 is 0 Å². The quantitative estimate of drug-likeness (QED) is 0.193. The molecule has 0 aliphatic rings. The highest BCUT2D eigenvalue weighted by Crippen LogP contribution is 2.31. The van der Waals surface area contributed by atoms with Gasteiger partial charge in [0, 0.05) is 0 Å². The van der Waals surface area contributed by atoms with E-state index < -0.39 is 17.7 Å². The molecule has 0 radical (unpaired) electrons. The Kier molecular flexibility index (Phi) is 10.3. The lowest BCUT2D eigenvalue weighted by Gasteiger charge is -2.10. The Morgan fingerprint density at radius 3 is 2.25 bits per heavy atom. The Hall–Kier alpha value is -2.76. The molecule has 0 saturated carbocycles. The number of rotatable bonds is 13. The lowest BCUT2D eigenvalue weighted by molar-refractivity contribution is -0.137. The normalized spacial score (nSPS) is 12.1. The fourth-order valence-electron chi connectivity index (χ4n) is 3.42. The molecule has 0 fully saturated rings. The first-order chi connectivity index (χ1) is 15.3. The van der Waals surface area contributed by atoms with Crippen molar-refractivity contribution in [3.63, 3.8) is 0 Å². The predicted molar refractivity (Wildman–Crippen MR) is 121 cm³/mol. The van der Waals surface area contributed by atoms with Crippen molar-refractivity contribution >= 4 is 17.6 Å². The summed E-state index contributed by atoms with van der Waals surface area (Å²) in [7, 11) is 0. The summed E-state index contributed by atoms with van der Waals surface area (Å²) in [6.45, 7) is 2.78. The maximum absolute atomic E-state index is 13.0. The van der Waals surface area contributed by atoms with Gasteiger partial charge < -0.3 is 9.84 Å². The van der Waals surface area contributed by atoms with E-state index in [1.165, 1.54) is 56.7 Å². The van der Waals surface area contributed by atoms with E-state index in [-0.39, 0.29) is 11.1 Å². The summed E-state index contributed by atoms with van der Waals surface area (Å²) in [6.07, 6.45) is 6.42. The third-order valence-electron chi connectivity index (χ3n) is 5.17. The van der Waals surface area contributed by atoms with Crippen LogP contribution in [0.4, 0.5) is 13.2 Å². The van der Waals surface area contributed by atoms with E-state index in [0.717, 1.165) is 25.0 Å². The van der Waals surface area contributed by atoms with E-state index in [4.69, 9.17) is 4.74 Å². The second kappa shape index (κ2) is 12.9. The fraction of sp³-hybridized carbons (Fsp3) is 0.423. The highest BCUT2D eigenvalue weighted by atomic mass is 19.4. The minimum Gasteiger partial charge on any atom is -0.494 e. The van der Waals surface area contributed by atoms with Gasteiger partial charge in [0.25, 0.3) is 0 Å². The molecule has 0 unspecified atom stereocenters. The molecular weight excluding hydrogens is 417 g/mol. The number of ether oxygens (including phenoxy) is 1. The Labute approximate surface area is 187 Å². The molecule has 2 aromatic carbocycles. The second-order valence-corrected chi connectivity index (χ2v) is 7.84. The first-order valence-electron chi connectivity index (χ1n) is 11.2. The summed E-state index contributed by atoms with van der Waals surface area (Å²) >= 11 is 0. The molecule has 0 spiro atoms. The van der Waals surface area contributed by atoms with Crippen molar-refractivity contribution in [2.24, 2.45) is 0 Å². The van der Waals surface area contributed by atoms with Crippen LogP contribution in [0.25, 0.3) is 11.6 Å². The zero-order valence-electron chi connectivity index (χ0n) is 18.5. The topological polar surface area (TPSA) is 46.5 Å². The number of halogens is 3. The van der Waals surface area contributed by atoms with Crippen molar-refractivity contribution in [1.29, 1.82) is 0 Å². The number of aliphatic carboxylic acids is 1. The lowest BCUT2D eigenvalue weighted by Crippen LogP contribution is -2.07. The summed E-state index contributed by atoms with van der Waals surface area (Å²) in [4.78, 5) is 11.7. The minimum atomic E-state index is -4.54. The van der Waals surface area contributed by atoms with E-state index in [2.05, 4.69) is 6.92 Å². The van der Waals surface area contributed by atoms with Crippen LogP contribution in [-0.2, 0) is 11.0 Å². The average molecular weight is 449 g/mol. The third kappa shape index (κ3) is 8.77. The Morgan fingerprint density at radius 2 is 1.59 bits per heavy atom. The molecule has 0 amide bonds. The number of carboxylic acids is 1. The van der Waals surface area contributed by atoms with Crippen LogP contribution in [0.15, 0.2) is 48.5 Å². The smallest absolute Gasteiger partial charge is 0.416 e. The Bertz CT molecular complexity index is 888. The summed E-state index contributed by atoms with van der Waals surface area (Å²) in [5.41, 5.74) is -0.549. The molecule has 0 aliphatic heterocycles. The van der Waals surface area contributed by atoms with Crippen molar-refractivity contribution in [2.75, 3.05) is 6.61 Å². The number of hydrogen-bond donors (Lipinski definition) is 1. The minimum absolute atomic E-state index is 0.00224. The molecule has 1 N–H and O–H groups in total. The maximum atomic E-state index is 13.0. The van der Waals surface area contributed by atoms with Gasteiger partial charge in [-0.25, -0.2) is 4.79 Å². The van der Waals surface area contributed by atoms with Gasteiger partial charge in [-0.3, -0.25) is 0 Å². The lowest BCUT2D eigenvalue weighted by atomic mass is 10.0. The molecule has 0 bridgehead atoms. The molecule has 0 atom stereocenters. The van der Waals surface area contributed by atoms with Gasteiger partial charge in [-0.05, 0) is 47.9 Å². The number of carboxylic acid groups (broad SMARTS) is 1. The van der Waals surface area contributed by atoms with Crippen molar-refractivity contribution in [1.82, 2.24) is 0 Å². The van der Waals surface area contributed by atoms with Gasteiger partial charge in [-0.2, -0.15) is 13.2 Å². The molecule has 32 heavy (non-hydrogen) atoms. The van der Waals surface area contributed by atoms with E-state index in [9.17, 15) is 23.1 Å². The third-order valence-corrected chi connectivity index (χ3v) is 5.17. The molecule has 0 aliphatic carbocycles. The second-order valence-electron chi connectivity index (χ2n) is 7.84. The van der Waals surface area contributed by atoms with Crippen LogP contribution in [0.5, 0.6) is 5.75 Å². The van der Waals surface area contributed by atoms with Crippen molar-refractivity contribution in [3.05, 3.63) is 65.2 Å². The Balaban J connectivity index is 1.98. The number of alkyl halides is 3. The van der Waals surface area contributed by atoms with Gasteiger partial charge in [0.05, 0.1) is 17.7 Å². The van der Waals surface area contributed by atoms with Crippen LogP contribution in [0.1, 0.15) is 75.0 Å². The molecule has 6 heteroatoms. The Morgan fingerprint density at radius 1 is 0.938 bits per heavy atom. The summed E-state index contributed by atoms with van der Waals surface area (Å²) in [5.74, 6) is -0.690. The van der Waals surface area contributed by atoms with Gasteiger partial charge >= 0.3 is 12.1 Å². The van der Waals surface area contributed by atoms with Crippen LogP contribution < -0.4 is 4.74 Å². The van der Waals surface area contributed by atoms with Crippen LogP contribution in [-0.4, -0.2) is 17.7 Å². The number of unbranched alkanes of at least 4 members (excludes halogenated alkanes) is 7. The predicted octanol–water partition coefficient (Wildman–Crippen LogP) is 7.85. The van der Waals surface area contributed by atoms with Crippen molar-refractivity contribution < 1.29 is 27.8 Å². The van der Waals surface area contributed by atoms with Gasteiger partial charge in [0.2, 0.25) is 0 Å².